The Morgan fingerprint density at radius 3 is 2.52 bits per heavy atom. The molecule has 0 spiro atoms. The Morgan fingerprint density at radius 1 is 1.08 bits per heavy atom. The summed E-state index contributed by atoms with van der Waals surface area (Å²) in [7, 11) is 4.12. The Labute approximate surface area is 150 Å². The molecule has 0 atom stereocenters. The third-order valence-electron chi connectivity index (χ3n) is 5.95. The highest BCUT2D eigenvalue weighted by Gasteiger charge is 2.26. The lowest BCUT2D eigenvalue weighted by Crippen LogP contribution is -2.30. The molecule has 2 aromatic heterocycles. The van der Waals surface area contributed by atoms with Gasteiger partial charge in [-0.15, -0.1) is 0 Å². The fraction of sp³-hybridized carbons (Fsp3) is 0.650. The van der Waals surface area contributed by atoms with Crippen LogP contribution in [0.4, 0.5) is 0 Å². The smallest absolute Gasteiger partial charge is 0.129 e. The van der Waals surface area contributed by atoms with E-state index in [1.165, 1.54) is 49.8 Å². The van der Waals surface area contributed by atoms with Gasteiger partial charge < -0.3 is 5.32 Å². The van der Waals surface area contributed by atoms with Crippen molar-refractivity contribution < 1.29 is 0 Å². The molecule has 25 heavy (non-hydrogen) atoms. The lowest BCUT2D eigenvalue weighted by Gasteiger charge is -2.27. The van der Waals surface area contributed by atoms with E-state index in [4.69, 9.17) is 4.98 Å². The number of aromatic nitrogens is 4. The van der Waals surface area contributed by atoms with Crippen molar-refractivity contribution in [2.45, 2.75) is 57.4 Å². The molecule has 2 aromatic rings. The van der Waals surface area contributed by atoms with Crippen molar-refractivity contribution in [1.82, 2.24) is 25.1 Å². The van der Waals surface area contributed by atoms with E-state index in [1.54, 1.807) is 0 Å². The lowest BCUT2D eigenvalue weighted by atomic mass is 9.84. The van der Waals surface area contributed by atoms with E-state index in [-0.39, 0.29) is 0 Å². The standard InChI is InChI=1S/C20H29N5/c1-21-16-7-5-15(6-8-16)12-20-22-10-9-18(24-20)17-13-23-25(2)19(17)11-14-3-4-14/h9-10,13-16,21H,3-8,11-12H2,1-2H3. The summed E-state index contributed by atoms with van der Waals surface area (Å²) in [5.41, 5.74) is 3.55. The maximum atomic E-state index is 4.90. The minimum atomic E-state index is 0.698. The van der Waals surface area contributed by atoms with Crippen molar-refractivity contribution in [2.75, 3.05) is 7.05 Å². The first-order valence-electron chi connectivity index (χ1n) is 9.73. The van der Waals surface area contributed by atoms with Gasteiger partial charge >= 0.3 is 0 Å². The van der Waals surface area contributed by atoms with E-state index in [1.807, 2.05) is 30.2 Å². The molecule has 0 bridgehead atoms. The molecule has 2 heterocycles. The van der Waals surface area contributed by atoms with Crippen molar-refractivity contribution in [3.63, 3.8) is 0 Å². The third-order valence-corrected chi connectivity index (χ3v) is 5.95. The summed E-state index contributed by atoms with van der Waals surface area (Å²) in [6.07, 6.45) is 13.8. The largest absolute Gasteiger partial charge is 0.317 e. The van der Waals surface area contributed by atoms with Gasteiger partial charge in [0.2, 0.25) is 0 Å². The maximum Gasteiger partial charge on any atom is 0.129 e. The Hall–Kier alpha value is -1.75. The molecule has 1 N–H and O–H groups in total. The molecule has 0 radical (unpaired) electrons. The summed E-state index contributed by atoms with van der Waals surface area (Å²) in [5, 5.41) is 7.89. The summed E-state index contributed by atoms with van der Waals surface area (Å²) >= 11 is 0. The zero-order valence-electron chi connectivity index (χ0n) is 15.4. The van der Waals surface area contributed by atoms with E-state index < -0.39 is 0 Å². The fourth-order valence-corrected chi connectivity index (χ4v) is 4.08. The molecule has 4 rings (SSSR count). The zero-order chi connectivity index (χ0) is 17.2. The van der Waals surface area contributed by atoms with E-state index in [9.17, 15) is 0 Å². The topological polar surface area (TPSA) is 55.6 Å². The first-order valence-corrected chi connectivity index (χ1v) is 9.73. The number of nitrogens with zero attached hydrogens (tertiary/aromatic N) is 4. The van der Waals surface area contributed by atoms with Crippen LogP contribution in [0.1, 0.15) is 50.0 Å². The SMILES string of the molecule is CNC1CCC(Cc2nccc(-c3cnn(C)c3CC3CC3)n2)CC1. The molecule has 2 saturated carbocycles. The van der Waals surface area contributed by atoms with Crippen LogP contribution in [0.15, 0.2) is 18.5 Å². The van der Waals surface area contributed by atoms with Crippen molar-refractivity contribution in [3.05, 3.63) is 30.0 Å². The minimum absolute atomic E-state index is 0.698. The number of rotatable bonds is 6. The predicted molar refractivity (Wildman–Crippen MR) is 99.2 cm³/mol. The summed E-state index contributed by atoms with van der Waals surface area (Å²) in [5.74, 6) is 2.56. The van der Waals surface area contributed by atoms with E-state index in [2.05, 4.69) is 22.4 Å². The zero-order valence-corrected chi connectivity index (χ0v) is 15.4. The Kier molecular flexibility index (Phi) is 4.84. The Morgan fingerprint density at radius 2 is 1.80 bits per heavy atom. The lowest BCUT2D eigenvalue weighted by molar-refractivity contribution is 0.297. The molecule has 5 heteroatoms. The van der Waals surface area contributed by atoms with Gasteiger partial charge in [-0.25, -0.2) is 9.97 Å². The molecule has 0 aliphatic heterocycles. The number of nitrogens with one attached hydrogen (secondary N) is 1. The van der Waals surface area contributed by atoms with Crippen LogP contribution in [0.3, 0.4) is 0 Å². The number of hydrogen-bond acceptors (Lipinski definition) is 4. The molecule has 0 amide bonds. The fourth-order valence-electron chi connectivity index (χ4n) is 4.08. The molecular formula is C20H29N5. The van der Waals surface area contributed by atoms with Crippen LogP contribution in [0.25, 0.3) is 11.3 Å². The van der Waals surface area contributed by atoms with Crippen LogP contribution in [0.5, 0.6) is 0 Å². The van der Waals surface area contributed by atoms with Crippen LogP contribution in [0, 0.1) is 11.8 Å². The van der Waals surface area contributed by atoms with Crippen LogP contribution in [0.2, 0.25) is 0 Å². The van der Waals surface area contributed by atoms with Gasteiger partial charge in [0.05, 0.1) is 11.9 Å². The van der Waals surface area contributed by atoms with E-state index >= 15 is 0 Å². The van der Waals surface area contributed by atoms with Gasteiger partial charge in [-0.05, 0) is 69.9 Å². The number of aryl methyl sites for hydroxylation is 1. The summed E-state index contributed by atoms with van der Waals surface area (Å²) in [4.78, 5) is 9.45. The molecule has 0 aromatic carbocycles. The first-order chi connectivity index (χ1) is 12.2. The molecule has 2 fully saturated rings. The van der Waals surface area contributed by atoms with Crippen LogP contribution in [-0.4, -0.2) is 32.8 Å². The van der Waals surface area contributed by atoms with Crippen LogP contribution >= 0.6 is 0 Å². The molecule has 0 unspecified atom stereocenters. The normalized spacial score (nSPS) is 23.8. The predicted octanol–water partition coefficient (Wildman–Crippen LogP) is 3.15. The van der Waals surface area contributed by atoms with Crippen molar-refractivity contribution in [2.24, 2.45) is 18.9 Å². The summed E-state index contributed by atoms with van der Waals surface area (Å²) in [6, 6.07) is 2.73. The average Bonchev–Trinajstić information content (AvgIpc) is 3.39. The first kappa shape index (κ1) is 16.7. The van der Waals surface area contributed by atoms with Crippen LogP contribution in [-0.2, 0) is 19.9 Å². The van der Waals surface area contributed by atoms with Crippen molar-refractivity contribution >= 4 is 0 Å². The molecular weight excluding hydrogens is 310 g/mol. The highest BCUT2D eigenvalue weighted by Crippen LogP contribution is 2.35. The third kappa shape index (κ3) is 3.92. The quantitative estimate of drug-likeness (QED) is 0.878. The average molecular weight is 339 g/mol. The monoisotopic (exact) mass is 339 g/mol. The summed E-state index contributed by atoms with van der Waals surface area (Å²) < 4.78 is 2.02. The van der Waals surface area contributed by atoms with E-state index in [0.717, 1.165) is 36.2 Å². The van der Waals surface area contributed by atoms with Crippen LogP contribution < -0.4 is 5.32 Å². The molecule has 134 valence electrons. The Bertz CT molecular complexity index is 711. The van der Waals surface area contributed by atoms with Gasteiger partial charge in [0.1, 0.15) is 5.82 Å². The van der Waals surface area contributed by atoms with Gasteiger partial charge in [-0.3, -0.25) is 4.68 Å². The highest BCUT2D eigenvalue weighted by molar-refractivity contribution is 5.61. The van der Waals surface area contributed by atoms with Gasteiger partial charge in [0.15, 0.2) is 0 Å². The highest BCUT2D eigenvalue weighted by atomic mass is 15.3. The molecule has 2 aliphatic carbocycles. The van der Waals surface area contributed by atoms with Crippen molar-refractivity contribution in [3.8, 4) is 11.3 Å². The number of hydrogen-bond donors (Lipinski definition) is 1. The van der Waals surface area contributed by atoms with Crippen molar-refractivity contribution in [1.29, 1.82) is 0 Å². The Balaban J connectivity index is 1.48. The van der Waals surface area contributed by atoms with Gasteiger partial charge in [-0.1, -0.05) is 0 Å². The van der Waals surface area contributed by atoms with Gasteiger partial charge in [-0.2, -0.15) is 5.10 Å². The van der Waals surface area contributed by atoms with Gasteiger partial charge in [0, 0.05) is 37.0 Å². The van der Waals surface area contributed by atoms with E-state index in [0.29, 0.717) is 6.04 Å². The second kappa shape index (κ2) is 7.24. The molecule has 2 aliphatic rings. The van der Waals surface area contributed by atoms with Gasteiger partial charge in [0.25, 0.3) is 0 Å². The second-order valence-electron chi connectivity index (χ2n) is 7.84. The maximum absolute atomic E-state index is 4.90. The summed E-state index contributed by atoms with van der Waals surface area (Å²) in [6.45, 7) is 0. The second-order valence-corrected chi connectivity index (χ2v) is 7.84. The minimum Gasteiger partial charge on any atom is -0.317 e. The molecule has 0 saturated heterocycles. The molecule has 5 nitrogen and oxygen atoms in total.